The van der Waals surface area contributed by atoms with Crippen LogP contribution < -0.4 is 14.9 Å². The molecule has 5 nitrogen and oxygen atoms in total. The van der Waals surface area contributed by atoms with E-state index < -0.39 is 0 Å². The van der Waals surface area contributed by atoms with Crippen molar-refractivity contribution >= 4 is 33.5 Å². The Balaban J connectivity index is 1.96. The average Bonchev–Trinajstić information content (AvgIpc) is 3.09. The molecule has 2 aromatic carbocycles. The third kappa shape index (κ3) is 2.61. The standard InChI is InChI=1S/C20H15ClO5/c1-11-9-15(22)16-17(23-2)13-7-8-24-18(13)20(19(16)26-11)25-10-12-5-3-4-6-14(12)21/h3-9H,10H2,1-2H3. The predicted molar refractivity (Wildman–Crippen MR) is 99.3 cm³/mol. The predicted octanol–water partition coefficient (Wildman–Crippen LogP) is 5.09. The van der Waals surface area contributed by atoms with Gasteiger partial charge in [0.1, 0.15) is 23.5 Å². The molecule has 132 valence electrons. The minimum atomic E-state index is -0.203. The largest absolute Gasteiger partial charge is 0.495 e. The zero-order valence-electron chi connectivity index (χ0n) is 14.2. The number of halogens is 1. The molecule has 2 heterocycles. The molecule has 2 aromatic heterocycles. The number of furan rings is 1. The first-order chi connectivity index (χ1) is 12.6. The van der Waals surface area contributed by atoms with Gasteiger partial charge in [0.25, 0.3) is 0 Å². The van der Waals surface area contributed by atoms with E-state index in [1.54, 1.807) is 19.1 Å². The van der Waals surface area contributed by atoms with Crippen LogP contribution in [0, 0.1) is 6.92 Å². The molecule has 4 aromatic rings. The van der Waals surface area contributed by atoms with Gasteiger partial charge >= 0.3 is 0 Å². The molecule has 0 N–H and O–H groups in total. The summed E-state index contributed by atoms with van der Waals surface area (Å²) in [6.45, 7) is 1.91. The maximum Gasteiger partial charge on any atom is 0.206 e. The molecule has 0 amide bonds. The summed E-state index contributed by atoms with van der Waals surface area (Å²) < 4.78 is 22.9. The van der Waals surface area contributed by atoms with Crippen molar-refractivity contribution in [3.63, 3.8) is 0 Å². The van der Waals surface area contributed by atoms with Gasteiger partial charge in [-0.25, -0.2) is 0 Å². The third-order valence-corrected chi connectivity index (χ3v) is 4.52. The van der Waals surface area contributed by atoms with Gasteiger partial charge in [0.2, 0.25) is 5.75 Å². The lowest BCUT2D eigenvalue weighted by Crippen LogP contribution is -2.05. The Kier molecular flexibility index (Phi) is 4.09. The Hall–Kier alpha value is -2.92. The van der Waals surface area contributed by atoms with Crippen molar-refractivity contribution in [3.8, 4) is 11.5 Å². The lowest BCUT2D eigenvalue weighted by atomic mass is 10.1. The smallest absolute Gasteiger partial charge is 0.206 e. The number of methoxy groups -OCH3 is 1. The molecule has 0 aliphatic heterocycles. The second-order valence-electron chi connectivity index (χ2n) is 5.83. The highest BCUT2D eigenvalue weighted by atomic mass is 35.5. The molecule has 0 saturated carbocycles. The molecule has 0 radical (unpaired) electrons. The first kappa shape index (κ1) is 16.5. The van der Waals surface area contributed by atoms with Crippen molar-refractivity contribution in [1.29, 1.82) is 0 Å². The summed E-state index contributed by atoms with van der Waals surface area (Å²) >= 11 is 6.21. The molecule has 4 rings (SSSR count). The zero-order chi connectivity index (χ0) is 18.3. The molecule has 0 unspecified atom stereocenters. The normalized spacial score (nSPS) is 11.2. The number of fused-ring (bicyclic) bond motifs is 2. The number of benzene rings is 2. The second-order valence-corrected chi connectivity index (χ2v) is 6.24. The Morgan fingerprint density at radius 1 is 1.12 bits per heavy atom. The van der Waals surface area contributed by atoms with Crippen LogP contribution in [0.2, 0.25) is 5.02 Å². The van der Waals surface area contributed by atoms with E-state index in [9.17, 15) is 4.79 Å². The fraction of sp³-hybridized carbons (Fsp3) is 0.150. The molecule has 0 bridgehead atoms. The van der Waals surface area contributed by atoms with Gasteiger partial charge in [0.05, 0.1) is 18.8 Å². The molecule has 0 spiro atoms. The van der Waals surface area contributed by atoms with Crippen molar-refractivity contribution in [2.45, 2.75) is 13.5 Å². The van der Waals surface area contributed by atoms with Gasteiger partial charge in [0, 0.05) is 16.7 Å². The number of ether oxygens (including phenoxy) is 2. The lowest BCUT2D eigenvalue weighted by molar-refractivity contribution is 0.303. The van der Waals surface area contributed by atoms with Crippen LogP contribution in [0.1, 0.15) is 11.3 Å². The van der Waals surface area contributed by atoms with E-state index in [0.29, 0.717) is 44.2 Å². The molecule has 0 aliphatic carbocycles. The Bertz CT molecular complexity index is 1170. The number of hydrogen-bond donors (Lipinski definition) is 0. The van der Waals surface area contributed by atoms with E-state index in [4.69, 9.17) is 29.9 Å². The van der Waals surface area contributed by atoms with E-state index in [1.165, 1.54) is 19.4 Å². The van der Waals surface area contributed by atoms with Gasteiger partial charge in [-0.3, -0.25) is 4.79 Å². The van der Waals surface area contributed by atoms with Crippen molar-refractivity contribution in [2.24, 2.45) is 0 Å². The summed E-state index contributed by atoms with van der Waals surface area (Å²) in [6.07, 6.45) is 1.52. The fourth-order valence-corrected chi connectivity index (χ4v) is 3.19. The molecular formula is C20H15ClO5. The van der Waals surface area contributed by atoms with Gasteiger partial charge in [-0.2, -0.15) is 0 Å². The van der Waals surface area contributed by atoms with Crippen LogP contribution in [0.3, 0.4) is 0 Å². The van der Waals surface area contributed by atoms with E-state index in [1.807, 2.05) is 18.2 Å². The number of hydrogen-bond acceptors (Lipinski definition) is 5. The molecule has 0 atom stereocenters. The zero-order valence-corrected chi connectivity index (χ0v) is 14.9. The molecule has 0 fully saturated rings. The van der Waals surface area contributed by atoms with Crippen molar-refractivity contribution in [3.05, 3.63) is 69.2 Å². The maximum absolute atomic E-state index is 12.6. The van der Waals surface area contributed by atoms with Gasteiger partial charge in [0.15, 0.2) is 16.6 Å². The first-order valence-corrected chi connectivity index (χ1v) is 8.35. The van der Waals surface area contributed by atoms with Crippen molar-refractivity contribution in [2.75, 3.05) is 7.11 Å². The summed E-state index contributed by atoms with van der Waals surface area (Å²) in [6, 6.07) is 10.5. The minimum absolute atomic E-state index is 0.203. The fourth-order valence-electron chi connectivity index (χ4n) is 3.00. The summed E-state index contributed by atoms with van der Waals surface area (Å²) in [7, 11) is 1.50. The van der Waals surface area contributed by atoms with Crippen LogP contribution >= 0.6 is 11.6 Å². The van der Waals surface area contributed by atoms with Gasteiger partial charge < -0.3 is 18.3 Å². The number of aryl methyl sites for hydroxylation is 1. The van der Waals surface area contributed by atoms with Gasteiger partial charge in [-0.1, -0.05) is 29.8 Å². The molecule has 0 aliphatic rings. The molecule has 6 heteroatoms. The van der Waals surface area contributed by atoms with Crippen LogP contribution in [-0.2, 0) is 6.61 Å². The van der Waals surface area contributed by atoms with Crippen LogP contribution in [0.15, 0.2) is 56.3 Å². The second kappa shape index (κ2) is 6.42. The van der Waals surface area contributed by atoms with Gasteiger partial charge in [-0.15, -0.1) is 0 Å². The van der Waals surface area contributed by atoms with Crippen LogP contribution in [0.4, 0.5) is 0 Å². The summed E-state index contributed by atoms with van der Waals surface area (Å²) in [5.41, 5.74) is 1.36. The molecule has 0 saturated heterocycles. The van der Waals surface area contributed by atoms with E-state index in [0.717, 1.165) is 5.56 Å². The monoisotopic (exact) mass is 370 g/mol. The highest BCUT2D eigenvalue weighted by Crippen LogP contribution is 2.42. The SMILES string of the molecule is COc1c2ccoc2c(OCc2ccccc2Cl)c2oc(C)cc(=O)c12. The highest BCUT2D eigenvalue weighted by Gasteiger charge is 2.23. The quantitative estimate of drug-likeness (QED) is 0.500. The van der Waals surface area contributed by atoms with Crippen LogP contribution in [0.5, 0.6) is 11.5 Å². The molecule has 26 heavy (non-hydrogen) atoms. The van der Waals surface area contributed by atoms with Gasteiger partial charge in [-0.05, 0) is 19.1 Å². The highest BCUT2D eigenvalue weighted by molar-refractivity contribution is 6.31. The van der Waals surface area contributed by atoms with Crippen molar-refractivity contribution < 1.29 is 18.3 Å². The first-order valence-electron chi connectivity index (χ1n) is 7.98. The van der Waals surface area contributed by atoms with Crippen LogP contribution in [-0.4, -0.2) is 7.11 Å². The summed E-state index contributed by atoms with van der Waals surface area (Å²) in [4.78, 5) is 12.6. The van der Waals surface area contributed by atoms with E-state index >= 15 is 0 Å². The third-order valence-electron chi connectivity index (χ3n) is 4.15. The maximum atomic E-state index is 12.6. The van der Waals surface area contributed by atoms with Crippen molar-refractivity contribution in [1.82, 2.24) is 0 Å². The lowest BCUT2D eigenvalue weighted by Gasteiger charge is -2.13. The topological polar surface area (TPSA) is 61.8 Å². The minimum Gasteiger partial charge on any atom is -0.495 e. The Morgan fingerprint density at radius 3 is 2.69 bits per heavy atom. The Morgan fingerprint density at radius 2 is 1.92 bits per heavy atom. The average molecular weight is 371 g/mol. The van der Waals surface area contributed by atoms with Crippen LogP contribution in [0.25, 0.3) is 21.9 Å². The van der Waals surface area contributed by atoms with E-state index in [-0.39, 0.29) is 12.0 Å². The summed E-state index contributed by atoms with van der Waals surface area (Å²) in [5, 5.41) is 1.56. The Labute approximate surface area is 153 Å². The summed E-state index contributed by atoms with van der Waals surface area (Å²) in [5.74, 6) is 1.22. The molecular weight excluding hydrogens is 356 g/mol. The number of rotatable bonds is 4. The van der Waals surface area contributed by atoms with E-state index in [2.05, 4.69) is 0 Å².